The van der Waals surface area contributed by atoms with Gasteiger partial charge in [0.2, 0.25) is 0 Å². The van der Waals surface area contributed by atoms with E-state index in [1.165, 1.54) is 11.3 Å². The minimum absolute atomic E-state index is 0.0202. The van der Waals surface area contributed by atoms with Gasteiger partial charge in [-0.1, -0.05) is 23.7 Å². The number of hydrogen-bond donors (Lipinski definition) is 0. The number of allylic oxidation sites excluding steroid dienone is 1. The first-order chi connectivity index (χ1) is 10.2. The summed E-state index contributed by atoms with van der Waals surface area (Å²) in [5.41, 5.74) is 0.814. The third kappa shape index (κ3) is 3.28. The highest BCUT2D eigenvalue weighted by Gasteiger charge is 2.15. The van der Waals surface area contributed by atoms with E-state index in [0.717, 1.165) is 12.0 Å². The molecule has 0 fully saturated rings. The first-order valence-electron chi connectivity index (χ1n) is 6.59. The average molecular weight is 321 g/mol. The second-order valence-electron chi connectivity index (χ2n) is 4.56. The summed E-state index contributed by atoms with van der Waals surface area (Å²) in [5, 5.41) is 2.38. The Morgan fingerprint density at radius 2 is 2.14 bits per heavy atom. The number of carbonyl (C=O) groups excluding carboxylic acids is 1. The highest BCUT2D eigenvalue weighted by Crippen LogP contribution is 2.38. The van der Waals surface area contributed by atoms with Crippen LogP contribution in [-0.2, 0) is 0 Å². The van der Waals surface area contributed by atoms with Crippen molar-refractivity contribution in [3.05, 3.63) is 51.2 Å². The molecule has 3 nitrogen and oxygen atoms in total. The molecule has 0 unspecified atom stereocenters. The van der Waals surface area contributed by atoms with Crippen LogP contribution in [0.25, 0.3) is 6.08 Å². The summed E-state index contributed by atoms with van der Waals surface area (Å²) >= 11 is 7.64. The van der Waals surface area contributed by atoms with Crippen molar-refractivity contribution < 1.29 is 14.3 Å². The van der Waals surface area contributed by atoms with Gasteiger partial charge in [0, 0.05) is 6.42 Å². The minimum atomic E-state index is -0.0202. The van der Waals surface area contributed by atoms with Gasteiger partial charge in [-0.3, -0.25) is 4.79 Å². The van der Waals surface area contributed by atoms with Crippen LogP contribution in [0.4, 0.5) is 0 Å². The van der Waals surface area contributed by atoms with Crippen molar-refractivity contribution in [1.82, 2.24) is 0 Å². The zero-order chi connectivity index (χ0) is 14.7. The molecule has 0 saturated heterocycles. The minimum Gasteiger partial charge on any atom is -0.489 e. The summed E-state index contributed by atoms with van der Waals surface area (Å²) in [7, 11) is 0. The monoisotopic (exact) mass is 320 g/mol. The Balaban J connectivity index is 1.84. The second kappa shape index (κ2) is 6.33. The van der Waals surface area contributed by atoms with Gasteiger partial charge in [0.25, 0.3) is 0 Å². The van der Waals surface area contributed by atoms with E-state index < -0.39 is 0 Å². The van der Waals surface area contributed by atoms with E-state index in [2.05, 4.69) is 0 Å². The third-order valence-corrected chi connectivity index (χ3v) is 4.18. The molecule has 0 N–H and O–H groups in total. The van der Waals surface area contributed by atoms with Crippen LogP contribution < -0.4 is 9.47 Å². The van der Waals surface area contributed by atoms with Gasteiger partial charge in [0.05, 0.1) is 23.1 Å². The summed E-state index contributed by atoms with van der Waals surface area (Å²) in [4.78, 5) is 12.7. The molecule has 0 aliphatic carbocycles. The molecule has 5 heteroatoms. The molecular weight excluding hydrogens is 308 g/mol. The maximum Gasteiger partial charge on any atom is 0.195 e. The Hall–Kier alpha value is -1.78. The van der Waals surface area contributed by atoms with Crippen molar-refractivity contribution in [2.45, 2.75) is 6.42 Å². The lowest BCUT2D eigenvalue weighted by Gasteiger charge is -2.09. The Kier molecular flexibility index (Phi) is 4.27. The smallest absolute Gasteiger partial charge is 0.195 e. The molecule has 1 aliphatic heterocycles. The number of rotatable bonds is 3. The SMILES string of the molecule is O=C(/C=C/c1cc(Cl)c2c(c1)OCCCO2)c1cccs1. The van der Waals surface area contributed by atoms with E-state index in [9.17, 15) is 4.79 Å². The summed E-state index contributed by atoms with van der Waals surface area (Å²) in [6.45, 7) is 1.20. The molecule has 0 amide bonds. The number of thiophene rings is 1. The number of ketones is 1. The molecule has 0 bridgehead atoms. The highest BCUT2D eigenvalue weighted by atomic mass is 35.5. The van der Waals surface area contributed by atoms with Crippen molar-refractivity contribution in [2.24, 2.45) is 0 Å². The van der Waals surface area contributed by atoms with Crippen molar-refractivity contribution in [2.75, 3.05) is 13.2 Å². The molecule has 21 heavy (non-hydrogen) atoms. The maximum absolute atomic E-state index is 11.9. The van der Waals surface area contributed by atoms with Crippen LogP contribution in [0.5, 0.6) is 11.5 Å². The molecule has 1 aromatic heterocycles. The lowest BCUT2D eigenvalue weighted by Crippen LogP contribution is -1.97. The van der Waals surface area contributed by atoms with E-state index in [4.69, 9.17) is 21.1 Å². The Morgan fingerprint density at radius 3 is 2.95 bits per heavy atom. The number of benzene rings is 1. The molecule has 0 saturated carbocycles. The van der Waals surface area contributed by atoms with E-state index >= 15 is 0 Å². The summed E-state index contributed by atoms with van der Waals surface area (Å²) in [5.74, 6) is 1.19. The fraction of sp³-hybridized carbons (Fsp3) is 0.188. The Morgan fingerprint density at radius 1 is 1.29 bits per heavy atom. The average Bonchev–Trinajstić information content (AvgIpc) is 2.91. The van der Waals surface area contributed by atoms with Gasteiger partial charge in [-0.15, -0.1) is 11.3 Å². The highest BCUT2D eigenvalue weighted by molar-refractivity contribution is 7.12. The molecule has 2 heterocycles. The lowest BCUT2D eigenvalue weighted by molar-refractivity contribution is 0.105. The van der Waals surface area contributed by atoms with Gasteiger partial charge >= 0.3 is 0 Å². The number of ether oxygens (including phenoxy) is 2. The molecule has 3 rings (SSSR count). The molecule has 0 atom stereocenters. The normalized spacial score (nSPS) is 14.1. The van der Waals surface area contributed by atoms with E-state index in [-0.39, 0.29) is 5.78 Å². The number of halogens is 1. The zero-order valence-corrected chi connectivity index (χ0v) is 12.7. The second-order valence-corrected chi connectivity index (χ2v) is 5.91. The lowest BCUT2D eigenvalue weighted by atomic mass is 10.1. The molecular formula is C16H13ClO3S. The predicted octanol–water partition coefficient (Wildman–Crippen LogP) is 4.46. The first-order valence-corrected chi connectivity index (χ1v) is 7.85. The van der Waals surface area contributed by atoms with E-state index in [0.29, 0.717) is 34.6 Å². The Labute approximate surface area is 131 Å². The van der Waals surface area contributed by atoms with Crippen molar-refractivity contribution in [3.63, 3.8) is 0 Å². The number of fused-ring (bicyclic) bond motifs is 1. The van der Waals surface area contributed by atoms with Crippen LogP contribution in [0, 0.1) is 0 Å². The summed E-state index contributed by atoms with van der Waals surface area (Å²) in [6, 6.07) is 7.27. The topological polar surface area (TPSA) is 35.5 Å². The van der Waals surface area contributed by atoms with Crippen LogP contribution in [0.3, 0.4) is 0 Å². The van der Waals surface area contributed by atoms with E-state index in [1.807, 2.05) is 17.5 Å². The Bertz CT molecular complexity index is 677. The summed E-state index contributed by atoms with van der Waals surface area (Å²) in [6.07, 6.45) is 4.11. The van der Waals surface area contributed by atoms with Gasteiger partial charge in [0.1, 0.15) is 0 Å². The standard InChI is InChI=1S/C16H13ClO3S/c17-12-9-11(4-5-13(18)15-3-1-8-21-15)10-14-16(12)20-7-2-6-19-14/h1,3-5,8-10H,2,6-7H2/b5-4+. The molecule has 108 valence electrons. The van der Waals surface area contributed by atoms with Crippen molar-refractivity contribution in [1.29, 1.82) is 0 Å². The quantitative estimate of drug-likeness (QED) is 0.618. The van der Waals surface area contributed by atoms with Crippen LogP contribution >= 0.6 is 22.9 Å². The summed E-state index contributed by atoms with van der Waals surface area (Å²) < 4.78 is 11.2. The molecule has 2 aromatic rings. The van der Waals surface area contributed by atoms with Crippen LogP contribution in [0.15, 0.2) is 35.7 Å². The fourth-order valence-electron chi connectivity index (χ4n) is 2.02. The fourth-order valence-corrected chi connectivity index (χ4v) is 2.94. The molecule has 1 aliphatic rings. The van der Waals surface area contributed by atoms with Crippen molar-refractivity contribution >= 4 is 34.8 Å². The van der Waals surface area contributed by atoms with Gasteiger partial charge in [-0.2, -0.15) is 0 Å². The van der Waals surface area contributed by atoms with E-state index in [1.54, 1.807) is 24.3 Å². The van der Waals surface area contributed by atoms with Gasteiger partial charge in [-0.25, -0.2) is 0 Å². The largest absolute Gasteiger partial charge is 0.489 e. The third-order valence-electron chi connectivity index (χ3n) is 3.02. The van der Waals surface area contributed by atoms with Crippen LogP contribution in [0.2, 0.25) is 5.02 Å². The zero-order valence-electron chi connectivity index (χ0n) is 11.2. The van der Waals surface area contributed by atoms with Gasteiger partial charge in [0.15, 0.2) is 17.3 Å². The maximum atomic E-state index is 11.9. The van der Waals surface area contributed by atoms with Gasteiger partial charge < -0.3 is 9.47 Å². The number of carbonyl (C=O) groups is 1. The first kappa shape index (κ1) is 14.2. The predicted molar refractivity (Wildman–Crippen MR) is 84.7 cm³/mol. The van der Waals surface area contributed by atoms with Crippen LogP contribution in [0.1, 0.15) is 21.7 Å². The van der Waals surface area contributed by atoms with Gasteiger partial charge in [-0.05, 0) is 35.2 Å². The molecule has 1 aromatic carbocycles. The number of hydrogen-bond acceptors (Lipinski definition) is 4. The molecule has 0 spiro atoms. The van der Waals surface area contributed by atoms with Crippen molar-refractivity contribution in [3.8, 4) is 11.5 Å². The van der Waals surface area contributed by atoms with Crippen LogP contribution in [-0.4, -0.2) is 19.0 Å². The molecule has 0 radical (unpaired) electrons.